The standard InChI is InChI=1S/C33H32N2O/c1-22-10-8-9-13-30(22)28-16-14-26(15-17-28)21-35-25(4)23(2)31-20-29(18-19-32(31)35)33(36)34-24(3)27-11-6-5-7-12-27/h5-20,24H,21H2,1-4H3,(H,34,36)/t24-/m0/s1. The van der Waals surface area contributed by atoms with Gasteiger partial charge in [0.1, 0.15) is 0 Å². The van der Waals surface area contributed by atoms with Gasteiger partial charge < -0.3 is 9.88 Å². The predicted molar refractivity (Wildman–Crippen MR) is 149 cm³/mol. The molecule has 0 radical (unpaired) electrons. The summed E-state index contributed by atoms with van der Waals surface area (Å²) in [5.41, 5.74) is 10.4. The van der Waals surface area contributed by atoms with Crippen LogP contribution in [0.3, 0.4) is 0 Å². The fraction of sp³-hybridized carbons (Fsp3) is 0.182. The predicted octanol–water partition coefficient (Wildman–Crippen LogP) is 7.77. The SMILES string of the molecule is Cc1ccccc1-c1ccc(Cn2c(C)c(C)c3cc(C(=O)N[C@@H](C)c4ccccc4)ccc32)cc1. The van der Waals surface area contributed by atoms with Crippen LogP contribution in [0.5, 0.6) is 0 Å². The summed E-state index contributed by atoms with van der Waals surface area (Å²) < 4.78 is 2.35. The number of carbonyl (C=O) groups is 1. The van der Waals surface area contributed by atoms with Crippen LogP contribution in [-0.4, -0.2) is 10.5 Å². The number of nitrogens with zero attached hydrogens (tertiary/aromatic N) is 1. The fourth-order valence-electron chi connectivity index (χ4n) is 4.97. The first-order valence-electron chi connectivity index (χ1n) is 12.5. The second-order valence-electron chi connectivity index (χ2n) is 9.65. The molecule has 0 saturated heterocycles. The zero-order chi connectivity index (χ0) is 25.2. The lowest BCUT2D eigenvalue weighted by Crippen LogP contribution is -2.26. The molecule has 0 saturated carbocycles. The Morgan fingerprint density at radius 2 is 1.53 bits per heavy atom. The minimum absolute atomic E-state index is 0.0511. The molecule has 0 bridgehead atoms. The highest BCUT2D eigenvalue weighted by molar-refractivity contribution is 5.99. The van der Waals surface area contributed by atoms with Crippen molar-refractivity contribution >= 4 is 16.8 Å². The summed E-state index contributed by atoms with van der Waals surface area (Å²) >= 11 is 0. The first-order chi connectivity index (χ1) is 17.4. The molecule has 5 rings (SSSR count). The molecule has 3 nitrogen and oxygen atoms in total. The molecular formula is C33H32N2O. The third-order valence-corrected chi connectivity index (χ3v) is 7.30. The molecule has 0 unspecified atom stereocenters. The molecule has 1 aromatic heterocycles. The average molecular weight is 473 g/mol. The minimum atomic E-state index is -0.0514. The highest BCUT2D eigenvalue weighted by Crippen LogP contribution is 2.29. The maximum atomic E-state index is 13.0. The van der Waals surface area contributed by atoms with Gasteiger partial charge >= 0.3 is 0 Å². The van der Waals surface area contributed by atoms with Crippen LogP contribution in [0.4, 0.5) is 0 Å². The molecule has 5 aromatic rings. The van der Waals surface area contributed by atoms with Crippen LogP contribution in [-0.2, 0) is 6.54 Å². The van der Waals surface area contributed by atoms with Gasteiger partial charge in [-0.2, -0.15) is 0 Å². The molecule has 0 aliphatic carbocycles. The first kappa shape index (κ1) is 23.6. The Labute approximate surface area is 213 Å². The molecule has 0 fully saturated rings. The Morgan fingerprint density at radius 1 is 0.833 bits per heavy atom. The number of nitrogens with one attached hydrogen (secondary N) is 1. The number of fused-ring (bicyclic) bond motifs is 1. The van der Waals surface area contributed by atoms with Gasteiger partial charge in [-0.3, -0.25) is 4.79 Å². The summed E-state index contributed by atoms with van der Waals surface area (Å²) in [5.74, 6) is -0.0511. The number of hydrogen-bond donors (Lipinski definition) is 1. The lowest BCUT2D eigenvalue weighted by molar-refractivity contribution is 0.0940. The van der Waals surface area contributed by atoms with Gasteiger partial charge in [-0.25, -0.2) is 0 Å². The van der Waals surface area contributed by atoms with Gasteiger partial charge in [0.05, 0.1) is 6.04 Å². The van der Waals surface area contributed by atoms with Crippen molar-refractivity contribution in [3.8, 4) is 11.1 Å². The molecule has 1 heterocycles. The van der Waals surface area contributed by atoms with Crippen LogP contribution in [0.2, 0.25) is 0 Å². The van der Waals surface area contributed by atoms with E-state index < -0.39 is 0 Å². The molecule has 0 aliphatic rings. The zero-order valence-corrected chi connectivity index (χ0v) is 21.4. The van der Waals surface area contributed by atoms with Crippen molar-refractivity contribution in [3.63, 3.8) is 0 Å². The van der Waals surface area contributed by atoms with Crippen molar-refractivity contribution < 1.29 is 4.79 Å². The highest BCUT2D eigenvalue weighted by Gasteiger charge is 2.16. The van der Waals surface area contributed by atoms with Gasteiger partial charge in [-0.05, 0) is 79.3 Å². The molecule has 1 amide bonds. The normalized spacial score (nSPS) is 12.0. The smallest absolute Gasteiger partial charge is 0.251 e. The summed E-state index contributed by atoms with van der Waals surface area (Å²) in [6, 6.07) is 33.4. The van der Waals surface area contributed by atoms with Gasteiger partial charge in [0.2, 0.25) is 0 Å². The first-order valence-corrected chi connectivity index (χ1v) is 12.5. The second-order valence-corrected chi connectivity index (χ2v) is 9.65. The van der Waals surface area contributed by atoms with E-state index in [2.05, 4.69) is 85.3 Å². The summed E-state index contributed by atoms with van der Waals surface area (Å²) in [7, 11) is 0. The van der Waals surface area contributed by atoms with E-state index in [4.69, 9.17) is 0 Å². The Balaban J connectivity index is 1.39. The van der Waals surface area contributed by atoms with Crippen molar-refractivity contribution in [2.45, 2.75) is 40.3 Å². The summed E-state index contributed by atoms with van der Waals surface area (Å²) in [5, 5.41) is 4.26. The fourth-order valence-corrected chi connectivity index (χ4v) is 4.97. The van der Waals surface area contributed by atoms with Crippen LogP contribution in [0.1, 0.15) is 51.3 Å². The van der Waals surface area contributed by atoms with Crippen molar-refractivity contribution in [2.24, 2.45) is 0 Å². The van der Waals surface area contributed by atoms with E-state index in [0.29, 0.717) is 5.56 Å². The van der Waals surface area contributed by atoms with E-state index >= 15 is 0 Å². The van der Waals surface area contributed by atoms with E-state index in [9.17, 15) is 4.79 Å². The number of carbonyl (C=O) groups excluding carboxylic acids is 1. The van der Waals surface area contributed by atoms with Gasteiger partial charge in [0, 0.05) is 28.7 Å². The van der Waals surface area contributed by atoms with E-state index in [1.807, 2.05) is 49.4 Å². The molecular weight excluding hydrogens is 440 g/mol. The van der Waals surface area contributed by atoms with E-state index in [-0.39, 0.29) is 11.9 Å². The number of hydrogen-bond acceptors (Lipinski definition) is 1. The van der Waals surface area contributed by atoms with Crippen molar-refractivity contribution in [2.75, 3.05) is 0 Å². The molecule has 0 aliphatic heterocycles. The number of benzene rings is 4. The topological polar surface area (TPSA) is 34.0 Å². The second kappa shape index (κ2) is 9.87. The van der Waals surface area contributed by atoms with E-state index in [1.54, 1.807) is 0 Å². The van der Waals surface area contributed by atoms with Gasteiger partial charge in [-0.1, -0.05) is 78.9 Å². The maximum Gasteiger partial charge on any atom is 0.251 e. The minimum Gasteiger partial charge on any atom is -0.346 e. The highest BCUT2D eigenvalue weighted by atomic mass is 16.1. The zero-order valence-electron chi connectivity index (χ0n) is 21.4. The Kier molecular flexibility index (Phi) is 6.47. The molecule has 1 atom stereocenters. The maximum absolute atomic E-state index is 13.0. The summed E-state index contributed by atoms with van der Waals surface area (Å²) in [6.07, 6.45) is 0. The summed E-state index contributed by atoms with van der Waals surface area (Å²) in [6.45, 7) is 9.26. The Morgan fingerprint density at radius 3 is 2.25 bits per heavy atom. The lowest BCUT2D eigenvalue weighted by Gasteiger charge is -2.14. The summed E-state index contributed by atoms with van der Waals surface area (Å²) in [4.78, 5) is 13.0. The van der Waals surface area contributed by atoms with Gasteiger partial charge in [0.25, 0.3) is 5.91 Å². The molecule has 4 aromatic carbocycles. The number of amides is 1. The van der Waals surface area contributed by atoms with E-state index in [1.165, 1.54) is 33.5 Å². The van der Waals surface area contributed by atoms with Crippen molar-refractivity contribution in [3.05, 3.63) is 131 Å². The van der Waals surface area contributed by atoms with Crippen LogP contribution in [0.15, 0.2) is 97.1 Å². The van der Waals surface area contributed by atoms with Crippen LogP contribution in [0, 0.1) is 20.8 Å². The van der Waals surface area contributed by atoms with Gasteiger partial charge in [-0.15, -0.1) is 0 Å². The Bertz CT molecular complexity index is 1530. The largest absolute Gasteiger partial charge is 0.346 e. The quantitative estimate of drug-likeness (QED) is 0.269. The third-order valence-electron chi connectivity index (χ3n) is 7.30. The molecule has 36 heavy (non-hydrogen) atoms. The van der Waals surface area contributed by atoms with Crippen molar-refractivity contribution in [1.29, 1.82) is 0 Å². The third kappa shape index (κ3) is 4.57. The molecule has 1 N–H and O–H groups in total. The molecule has 0 spiro atoms. The number of aromatic nitrogens is 1. The lowest BCUT2D eigenvalue weighted by atomic mass is 9.99. The van der Waals surface area contributed by atoms with E-state index in [0.717, 1.165) is 23.0 Å². The van der Waals surface area contributed by atoms with Crippen LogP contribution in [0.25, 0.3) is 22.0 Å². The number of rotatable bonds is 6. The monoisotopic (exact) mass is 472 g/mol. The van der Waals surface area contributed by atoms with Crippen LogP contribution < -0.4 is 5.32 Å². The number of aryl methyl sites for hydroxylation is 2. The average Bonchev–Trinajstić information content (AvgIpc) is 3.14. The Hall–Kier alpha value is -4.11. The van der Waals surface area contributed by atoms with Crippen molar-refractivity contribution in [1.82, 2.24) is 9.88 Å². The van der Waals surface area contributed by atoms with Crippen LogP contribution >= 0.6 is 0 Å². The van der Waals surface area contributed by atoms with Gasteiger partial charge in [0.15, 0.2) is 0 Å². The molecule has 3 heteroatoms. The molecule has 180 valence electrons.